The van der Waals surface area contributed by atoms with Crippen molar-refractivity contribution in [2.45, 2.75) is 30.2 Å². The lowest BCUT2D eigenvalue weighted by molar-refractivity contribution is -0.117. The number of imidazole rings is 1. The molecule has 0 spiro atoms. The van der Waals surface area contributed by atoms with Crippen LogP contribution in [0.1, 0.15) is 23.7 Å². The van der Waals surface area contributed by atoms with Crippen LogP contribution in [0.3, 0.4) is 0 Å². The number of rotatable bonds is 6. The molecule has 1 aliphatic rings. The van der Waals surface area contributed by atoms with E-state index in [1.54, 1.807) is 11.8 Å². The largest absolute Gasteiger partial charge is 0.327 e. The van der Waals surface area contributed by atoms with Gasteiger partial charge in [-0.1, -0.05) is 48.5 Å². The minimum Gasteiger partial charge on any atom is -0.327 e. The van der Waals surface area contributed by atoms with E-state index in [1.165, 1.54) is 10.5 Å². The van der Waals surface area contributed by atoms with E-state index < -0.39 is 0 Å². The second-order valence-corrected chi connectivity index (χ2v) is 8.83. The summed E-state index contributed by atoms with van der Waals surface area (Å²) in [5.74, 6) is 1.28. The van der Waals surface area contributed by atoms with Gasteiger partial charge in [0.2, 0.25) is 5.91 Å². The van der Waals surface area contributed by atoms with E-state index in [2.05, 4.69) is 65.4 Å². The Bertz CT molecular complexity index is 1220. The molecular weight excluding hydrogens is 402 g/mol. The second-order valence-electron chi connectivity index (χ2n) is 7.95. The standard InChI is InChI=1S/C26H25N3OS/c1-31-22-11-7-10-21(17-22)29-18-20(16-25(29)30)26-27-23-12-5-6-13-24(23)28(26)15-14-19-8-3-2-4-9-19/h2-13,17,20H,14-16,18H2,1H3/t20-/m0/s1. The minimum absolute atomic E-state index is 0.0913. The highest BCUT2D eigenvalue weighted by molar-refractivity contribution is 7.98. The van der Waals surface area contributed by atoms with Gasteiger partial charge < -0.3 is 9.47 Å². The molecule has 0 saturated carbocycles. The van der Waals surface area contributed by atoms with Crippen molar-refractivity contribution in [2.24, 2.45) is 0 Å². The number of para-hydroxylation sites is 2. The number of thioether (sulfide) groups is 1. The first kappa shape index (κ1) is 19.9. The normalized spacial score (nSPS) is 16.4. The van der Waals surface area contributed by atoms with Crippen LogP contribution in [0.15, 0.2) is 83.8 Å². The zero-order valence-electron chi connectivity index (χ0n) is 17.6. The molecule has 31 heavy (non-hydrogen) atoms. The second kappa shape index (κ2) is 8.60. The molecule has 0 unspecified atom stereocenters. The van der Waals surface area contributed by atoms with E-state index in [0.717, 1.165) is 35.5 Å². The molecule has 0 N–H and O–H groups in total. The van der Waals surface area contributed by atoms with Crippen molar-refractivity contribution < 1.29 is 4.79 Å². The summed E-state index contributed by atoms with van der Waals surface area (Å²) in [6.45, 7) is 1.53. The lowest BCUT2D eigenvalue weighted by Crippen LogP contribution is -2.24. The summed E-state index contributed by atoms with van der Waals surface area (Å²) >= 11 is 1.70. The van der Waals surface area contributed by atoms with E-state index in [4.69, 9.17) is 4.98 Å². The van der Waals surface area contributed by atoms with Gasteiger partial charge in [-0.05, 0) is 48.6 Å². The lowest BCUT2D eigenvalue weighted by atomic mass is 10.1. The number of aryl methyl sites for hydroxylation is 2. The zero-order chi connectivity index (χ0) is 21.2. The molecule has 5 rings (SSSR count). The molecule has 156 valence electrons. The van der Waals surface area contributed by atoms with Crippen molar-refractivity contribution in [1.82, 2.24) is 9.55 Å². The molecule has 4 aromatic rings. The number of fused-ring (bicyclic) bond motifs is 1. The number of carbonyl (C=O) groups is 1. The van der Waals surface area contributed by atoms with Gasteiger partial charge in [-0.3, -0.25) is 4.79 Å². The molecule has 1 aromatic heterocycles. The molecule has 1 fully saturated rings. The Labute approximate surface area is 186 Å². The van der Waals surface area contributed by atoms with E-state index in [-0.39, 0.29) is 11.8 Å². The van der Waals surface area contributed by atoms with Crippen LogP contribution in [0.2, 0.25) is 0 Å². The van der Waals surface area contributed by atoms with Crippen molar-refractivity contribution in [2.75, 3.05) is 17.7 Å². The summed E-state index contributed by atoms with van der Waals surface area (Å²) < 4.78 is 2.32. The number of amides is 1. The fraction of sp³-hybridized carbons (Fsp3) is 0.231. The van der Waals surface area contributed by atoms with Crippen molar-refractivity contribution in [1.29, 1.82) is 0 Å². The Balaban J connectivity index is 1.46. The van der Waals surface area contributed by atoms with Gasteiger partial charge in [-0.25, -0.2) is 4.98 Å². The van der Waals surface area contributed by atoms with Crippen LogP contribution in [-0.2, 0) is 17.8 Å². The molecule has 4 nitrogen and oxygen atoms in total. The number of carbonyl (C=O) groups excluding carboxylic acids is 1. The van der Waals surface area contributed by atoms with Crippen molar-refractivity contribution in [3.8, 4) is 0 Å². The first-order chi connectivity index (χ1) is 15.2. The van der Waals surface area contributed by atoms with Crippen LogP contribution in [0.4, 0.5) is 5.69 Å². The number of hydrogen-bond acceptors (Lipinski definition) is 3. The first-order valence-electron chi connectivity index (χ1n) is 10.7. The highest BCUT2D eigenvalue weighted by atomic mass is 32.2. The Morgan fingerprint density at radius 3 is 2.65 bits per heavy atom. The summed E-state index contributed by atoms with van der Waals surface area (Å²) in [6, 6.07) is 27.1. The molecule has 0 radical (unpaired) electrons. The van der Waals surface area contributed by atoms with Crippen molar-refractivity contribution >= 4 is 34.4 Å². The number of anilines is 1. The fourth-order valence-corrected chi connectivity index (χ4v) is 4.89. The highest BCUT2D eigenvalue weighted by Crippen LogP contribution is 2.34. The number of nitrogens with zero attached hydrogens (tertiary/aromatic N) is 3. The third-order valence-corrected chi connectivity index (χ3v) is 6.73. The Morgan fingerprint density at radius 1 is 1.00 bits per heavy atom. The van der Waals surface area contributed by atoms with E-state index >= 15 is 0 Å². The first-order valence-corrected chi connectivity index (χ1v) is 11.9. The van der Waals surface area contributed by atoms with Crippen molar-refractivity contribution in [3.63, 3.8) is 0 Å². The van der Waals surface area contributed by atoms with Gasteiger partial charge in [0, 0.05) is 36.0 Å². The third kappa shape index (κ3) is 3.98. The molecule has 0 aliphatic carbocycles. The van der Waals surface area contributed by atoms with Crippen LogP contribution in [0.5, 0.6) is 0 Å². The average Bonchev–Trinajstić information content (AvgIpc) is 3.39. The SMILES string of the molecule is CSc1cccc(N2C[C@@H](c3nc4ccccc4n3CCc3ccccc3)CC2=O)c1. The average molecular weight is 428 g/mol. The molecule has 1 aliphatic heterocycles. The third-order valence-electron chi connectivity index (χ3n) is 6.01. The molecule has 3 aromatic carbocycles. The Morgan fingerprint density at radius 2 is 1.81 bits per heavy atom. The quantitative estimate of drug-likeness (QED) is 0.380. The maximum Gasteiger partial charge on any atom is 0.227 e. The van der Waals surface area contributed by atoms with Crippen LogP contribution >= 0.6 is 11.8 Å². The maximum atomic E-state index is 12.9. The molecule has 5 heteroatoms. The monoisotopic (exact) mass is 427 g/mol. The molecule has 1 amide bonds. The van der Waals surface area contributed by atoms with Crippen LogP contribution in [0, 0.1) is 0 Å². The fourth-order valence-electron chi connectivity index (χ4n) is 4.43. The van der Waals surface area contributed by atoms with E-state index in [1.807, 2.05) is 29.2 Å². The molecule has 1 saturated heterocycles. The molecule has 1 atom stereocenters. The van der Waals surface area contributed by atoms with E-state index in [0.29, 0.717) is 13.0 Å². The summed E-state index contributed by atoms with van der Waals surface area (Å²) in [7, 11) is 0. The summed E-state index contributed by atoms with van der Waals surface area (Å²) in [6.07, 6.45) is 3.50. The van der Waals surface area contributed by atoms with Gasteiger partial charge in [0.05, 0.1) is 11.0 Å². The summed E-state index contributed by atoms with van der Waals surface area (Å²) in [5, 5.41) is 0. The van der Waals surface area contributed by atoms with Crippen molar-refractivity contribution in [3.05, 3.63) is 90.3 Å². The van der Waals surface area contributed by atoms with Gasteiger partial charge in [-0.2, -0.15) is 0 Å². The van der Waals surface area contributed by atoms with Crippen LogP contribution in [-0.4, -0.2) is 28.3 Å². The van der Waals surface area contributed by atoms with Gasteiger partial charge in [0.1, 0.15) is 5.82 Å². The van der Waals surface area contributed by atoms with E-state index in [9.17, 15) is 4.79 Å². The molecular formula is C26H25N3OS. The predicted octanol–water partition coefficient (Wildman–Crippen LogP) is 5.52. The van der Waals surface area contributed by atoms with Gasteiger partial charge in [0.25, 0.3) is 0 Å². The van der Waals surface area contributed by atoms with Crippen LogP contribution < -0.4 is 4.90 Å². The minimum atomic E-state index is 0.0913. The number of hydrogen-bond donors (Lipinski definition) is 0. The molecule has 2 heterocycles. The number of benzene rings is 3. The van der Waals surface area contributed by atoms with Gasteiger partial charge in [-0.15, -0.1) is 11.8 Å². The van der Waals surface area contributed by atoms with Crippen LogP contribution in [0.25, 0.3) is 11.0 Å². The van der Waals surface area contributed by atoms with Gasteiger partial charge >= 0.3 is 0 Å². The predicted molar refractivity (Wildman–Crippen MR) is 128 cm³/mol. The lowest BCUT2D eigenvalue weighted by Gasteiger charge is -2.18. The summed E-state index contributed by atoms with van der Waals surface area (Å²) in [5.41, 5.74) is 4.43. The topological polar surface area (TPSA) is 38.1 Å². The maximum absolute atomic E-state index is 12.9. The Kier molecular flexibility index (Phi) is 5.51. The van der Waals surface area contributed by atoms with Gasteiger partial charge in [0.15, 0.2) is 0 Å². The smallest absolute Gasteiger partial charge is 0.227 e. The summed E-state index contributed by atoms with van der Waals surface area (Å²) in [4.78, 5) is 21.0. The highest BCUT2D eigenvalue weighted by Gasteiger charge is 2.34. The zero-order valence-corrected chi connectivity index (χ0v) is 18.4. The Hall–Kier alpha value is -3.05. The molecule has 0 bridgehead atoms. The number of aromatic nitrogens is 2.